The molecule has 0 spiro atoms. The summed E-state index contributed by atoms with van der Waals surface area (Å²) in [4.78, 5) is 13.8. The number of piperidine rings is 1. The van der Waals surface area contributed by atoms with Crippen LogP contribution in [0, 0.1) is 11.8 Å². The molecule has 18 heavy (non-hydrogen) atoms. The van der Waals surface area contributed by atoms with Crippen LogP contribution in [0.25, 0.3) is 0 Å². The second-order valence-corrected chi connectivity index (χ2v) is 6.70. The van der Waals surface area contributed by atoms with Crippen LogP contribution in [0.2, 0.25) is 0 Å². The molecule has 0 aromatic carbocycles. The van der Waals surface area contributed by atoms with Crippen LogP contribution in [0.3, 0.4) is 0 Å². The molecule has 0 aromatic rings. The fourth-order valence-electron chi connectivity index (χ4n) is 3.08. The second kappa shape index (κ2) is 5.08. The van der Waals surface area contributed by atoms with Gasteiger partial charge in [-0.05, 0) is 58.3 Å². The molecule has 1 aliphatic carbocycles. The Morgan fingerprint density at radius 3 is 2.61 bits per heavy atom. The van der Waals surface area contributed by atoms with E-state index in [2.05, 4.69) is 0 Å². The van der Waals surface area contributed by atoms with E-state index in [-0.39, 0.29) is 12.2 Å². The van der Waals surface area contributed by atoms with Gasteiger partial charge >= 0.3 is 6.09 Å². The quantitative estimate of drug-likeness (QED) is 0.723. The summed E-state index contributed by atoms with van der Waals surface area (Å²) in [5.41, 5.74) is -0.420. The second-order valence-electron chi connectivity index (χ2n) is 6.70. The fourth-order valence-corrected chi connectivity index (χ4v) is 3.08. The molecule has 1 N–H and O–H groups in total. The molecule has 0 radical (unpaired) electrons. The van der Waals surface area contributed by atoms with Gasteiger partial charge in [-0.1, -0.05) is 0 Å². The molecule has 1 saturated carbocycles. The smallest absolute Gasteiger partial charge is 0.410 e. The molecule has 0 bridgehead atoms. The van der Waals surface area contributed by atoms with Crippen LogP contribution in [0.15, 0.2) is 0 Å². The van der Waals surface area contributed by atoms with Gasteiger partial charge in [0, 0.05) is 13.1 Å². The lowest BCUT2D eigenvalue weighted by molar-refractivity contribution is -0.00835. The standard InChI is InChI=1S/C14H25NO3/c1-14(2,3)18-13(17)15-7-6-10-8-12(16)5-4-11(10)9-15/h10-12,16H,4-9H2,1-3H3. The van der Waals surface area contributed by atoms with Crippen molar-refractivity contribution < 1.29 is 14.6 Å². The molecule has 1 heterocycles. The SMILES string of the molecule is CC(C)(C)OC(=O)N1CCC2CC(O)CCC2C1. The van der Waals surface area contributed by atoms with Gasteiger partial charge in [-0.15, -0.1) is 0 Å². The van der Waals surface area contributed by atoms with Crippen molar-refractivity contribution in [3.05, 3.63) is 0 Å². The molecule has 104 valence electrons. The van der Waals surface area contributed by atoms with Crippen molar-refractivity contribution in [2.24, 2.45) is 11.8 Å². The van der Waals surface area contributed by atoms with E-state index < -0.39 is 5.60 Å². The number of amides is 1. The van der Waals surface area contributed by atoms with Gasteiger partial charge in [0.25, 0.3) is 0 Å². The Kier molecular flexibility index (Phi) is 3.85. The maximum atomic E-state index is 12.0. The van der Waals surface area contributed by atoms with Crippen LogP contribution in [0.4, 0.5) is 4.79 Å². The van der Waals surface area contributed by atoms with E-state index in [0.717, 1.165) is 38.8 Å². The third kappa shape index (κ3) is 3.37. The average Bonchev–Trinajstić information content (AvgIpc) is 2.26. The normalized spacial score (nSPS) is 32.9. The maximum Gasteiger partial charge on any atom is 0.410 e. The van der Waals surface area contributed by atoms with Gasteiger partial charge in [0.15, 0.2) is 0 Å². The van der Waals surface area contributed by atoms with Crippen molar-refractivity contribution >= 4 is 6.09 Å². The predicted molar refractivity (Wildman–Crippen MR) is 69.3 cm³/mol. The van der Waals surface area contributed by atoms with Crippen LogP contribution in [-0.4, -0.2) is 40.9 Å². The van der Waals surface area contributed by atoms with Crippen LogP contribution in [0.1, 0.15) is 46.5 Å². The van der Waals surface area contributed by atoms with E-state index in [1.54, 1.807) is 0 Å². The van der Waals surface area contributed by atoms with Gasteiger partial charge in [0.2, 0.25) is 0 Å². The van der Waals surface area contributed by atoms with Crippen molar-refractivity contribution in [1.29, 1.82) is 0 Å². The monoisotopic (exact) mass is 255 g/mol. The molecule has 3 unspecified atom stereocenters. The summed E-state index contributed by atoms with van der Waals surface area (Å²) < 4.78 is 5.42. The number of hydrogen-bond acceptors (Lipinski definition) is 3. The minimum atomic E-state index is -0.420. The van der Waals surface area contributed by atoms with Gasteiger partial charge in [-0.3, -0.25) is 0 Å². The summed E-state index contributed by atoms with van der Waals surface area (Å²) in [6, 6.07) is 0. The molecule has 4 nitrogen and oxygen atoms in total. The van der Waals surface area contributed by atoms with Crippen molar-refractivity contribution in [2.75, 3.05) is 13.1 Å². The molecule has 1 saturated heterocycles. The predicted octanol–water partition coefficient (Wildman–Crippen LogP) is 2.40. The zero-order valence-corrected chi connectivity index (χ0v) is 11.7. The summed E-state index contributed by atoms with van der Waals surface area (Å²) in [6.07, 6.45) is 3.51. The van der Waals surface area contributed by atoms with Crippen molar-refractivity contribution in [3.63, 3.8) is 0 Å². The highest BCUT2D eigenvalue weighted by molar-refractivity contribution is 5.68. The van der Waals surface area contributed by atoms with E-state index in [1.165, 1.54) is 0 Å². The minimum absolute atomic E-state index is 0.126. The number of ether oxygens (including phenoxy) is 1. The first-order valence-electron chi connectivity index (χ1n) is 7.01. The van der Waals surface area contributed by atoms with Crippen LogP contribution in [-0.2, 0) is 4.74 Å². The van der Waals surface area contributed by atoms with E-state index in [1.807, 2.05) is 25.7 Å². The number of carbonyl (C=O) groups is 1. The largest absolute Gasteiger partial charge is 0.444 e. The molecule has 1 aliphatic heterocycles. The van der Waals surface area contributed by atoms with E-state index >= 15 is 0 Å². The van der Waals surface area contributed by atoms with Gasteiger partial charge in [0.05, 0.1) is 6.10 Å². The van der Waals surface area contributed by atoms with Gasteiger partial charge in [-0.25, -0.2) is 4.79 Å². The number of nitrogens with zero attached hydrogens (tertiary/aromatic N) is 1. The average molecular weight is 255 g/mol. The Hall–Kier alpha value is -0.770. The highest BCUT2D eigenvalue weighted by Crippen LogP contribution is 2.36. The van der Waals surface area contributed by atoms with Crippen molar-refractivity contribution in [2.45, 2.75) is 58.2 Å². The van der Waals surface area contributed by atoms with Gasteiger partial charge < -0.3 is 14.7 Å². The van der Waals surface area contributed by atoms with Gasteiger partial charge in [0.1, 0.15) is 5.60 Å². The van der Waals surface area contributed by atoms with E-state index in [0.29, 0.717) is 11.8 Å². The lowest BCUT2D eigenvalue weighted by atomic mass is 9.74. The summed E-state index contributed by atoms with van der Waals surface area (Å²) in [7, 11) is 0. The van der Waals surface area contributed by atoms with E-state index in [9.17, 15) is 9.90 Å². The number of fused-ring (bicyclic) bond motifs is 1. The number of rotatable bonds is 0. The Bertz CT molecular complexity index is 311. The topological polar surface area (TPSA) is 49.8 Å². The Balaban J connectivity index is 1.89. The first-order valence-corrected chi connectivity index (χ1v) is 7.01. The molecule has 1 amide bonds. The van der Waals surface area contributed by atoms with Crippen LogP contribution >= 0.6 is 0 Å². The number of likely N-dealkylation sites (tertiary alicyclic amines) is 1. The Morgan fingerprint density at radius 2 is 1.94 bits per heavy atom. The molecular formula is C14H25NO3. The summed E-state index contributed by atoms with van der Waals surface area (Å²) in [5.74, 6) is 1.14. The summed E-state index contributed by atoms with van der Waals surface area (Å²) in [5, 5.41) is 9.67. The molecular weight excluding hydrogens is 230 g/mol. The lowest BCUT2D eigenvalue weighted by Crippen LogP contribution is -2.47. The highest BCUT2D eigenvalue weighted by atomic mass is 16.6. The number of aliphatic hydroxyl groups excluding tert-OH is 1. The van der Waals surface area contributed by atoms with Crippen LogP contribution < -0.4 is 0 Å². The van der Waals surface area contributed by atoms with E-state index in [4.69, 9.17) is 4.74 Å². The highest BCUT2D eigenvalue weighted by Gasteiger charge is 2.36. The molecule has 4 heteroatoms. The number of aliphatic hydroxyl groups is 1. The molecule has 3 atom stereocenters. The molecule has 2 aliphatic rings. The summed E-state index contributed by atoms with van der Waals surface area (Å²) in [6.45, 7) is 7.26. The zero-order chi connectivity index (χ0) is 13.3. The maximum absolute atomic E-state index is 12.0. The first kappa shape index (κ1) is 13.7. The molecule has 0 aromatic heterocycles. The summed E-state index contributed by atoms with van der Waals surface area (Å²) >= 11 is 0. The third-order valence-corrected chi connectivity index (χ3v) is 3.99. The Morgan fingerprint density at radius 1 is 1.22 bits per heavy atom. The zero-order valence-electron chi connectivity index (χ0n) is 11.7. The lowest BCUT2D eigenvalue weighted by Gasteiger charge is -2.42. The number of carbonyl (C=O) groups excluding carboxylic acids is 1. The molecule has 2 fully saturated rings. The minimum Gasteiger partial charge on any atom is -0.444 e. The number of hydrogen-bond donors (Lipinski definition) is 1. The first-order chi connectivity index (χ1) is 8.35. The third-order valence-electron chi connectivity index (χ3n) is 3.99. The van der Waals surface area contributed by atoms with Crippen molar-refractivity contribution in [3.8, 4) is 0 Å². The fraction of sp³-hybridized carbons (Fsp3) is 0.929. The van der Waals surface area contributed by atoms with Crippen molar-refractivity contribution in [1.82, 2.24) is 4.90 Å². The van der Waals surface area contributed by atoms with Gasteiger partial charge in [-0.2, -0.15) is 0 Å². The molecule has 2 rings (SSSR count). The Labute approximate surface area is 109 Å². The van der Waals surface area contributed by atoms with Crippen LogP contribution in [0.5, 0.6) is 0 Å².